The Hall–Kier alpha value is -2.89. The van der Waals surface area contributed by atoms with Gasteiger partial charge in [-0.05, 0) is 54.8 Å². The maximum absolute atomic E-state index is 12.1. The summed E-state index contributed by atoms with van der Waals surface area (Å²) < 4.78 is 10.6. The van der Waals surface area contributed by atoms with E-state index in [9.17, 15) is 4.79 Å². The zero-order valence-corrected chi connectivity index (χ0v) is 16.6. The summed E-state index contributed by atoms with van der Waals surface area (Å²) in [5, 5.41) is 9.34. The first-order valence-corrected chi connectivity index (χ1v) is 9.80. The van der Waals surface area contributed by atoms with Crippen molar-refractivity contribution >= 4 is 17.4 Å². The monoisotopic (exact) mass is 383 g/mol. The molecule has 1 fully saturated rings. The molecule has 0 aromatic heterocycles. The standard InChI is InChI=1S/C22H29N3O3/c1-27-20-13-8-16(14-21(20)28-2)15-23-17-9-11-19(12-10-17)25-22(26)24-18-6-4-3-5-7-18/h8-14,18,23H,3-7,15H2,1-2H3,(H2,24,25,26). The Morgan fingerprint density at radius 2 is 1.61 bits per heavy atom. The third-order valence-electron chi connectivity index (χ3n) is 5.03. The maximum Gasteiger partial charge on any atom is 0.319 e. The van der Waals surface area contributed by atoms with Crippen molar-refractivity contribution in [1.82, 2.24) is 5.32 Å². The summed E-state index contributed by atoms with van der Waals surface area (Å²) in [6.07, 6.45) is 5.83. The molecule has 3 N–H and O–H groups in total. The Labute approximate surface area is 166 Å². The molecule has 1 saturated carbocycles. The average Bonchev–Trinajstić information content (AvgIpc) is 2.73. The van der Waals surface area contributed by atoms with Crippen molar-refractivity contribution in [2.24, 2.45) is 0 Å². The van der Waals surface area contributed by atoms with E-state index in [1.807, 2.05) is 42.5 Å². The number of nitrogens with one attached hydrogen (secondary N) is 3. The predicted octanol–water partition coefficient (Wildman–Crippen LogP) is 4.77. The highest BCUT2D eigenvalue weighted by atomic mass is 16.5. The van der Waals surface area contributed by atoms with Gasteiger partial charge in [-0.25, -0.2) is 4.79 Å². The fourth-order valence-corrected chi connectivity index (χ4v) is 3.47. The molecule has 6 nitrogen and oxygen atoms in total. The highest BCUT2D eigenvalue weighted by Gasteiger charge is 2.15. The molecule has 0 bridgehead atoms. The molecule has 0 heterocycles. The van der Waals surface area contributed by atoms with E-state index in [4.69, 9.17) is 9.47 Å². The topological polar surface area (TPSA) is 71.6 Å². The van der Waals surface area contributed by atoms with E-state index in [1.165, 1.54) is 19.3 Å². The third kappa shape index (κ3) is 5.55. The number of anilines is 2. The second kappa shape index (κ2) is 9.88. The van der Waals surface area contributed by atoms with Gasteiger partial charge in [0.1, 0.15) is 0 Å². The second-order valence-corrected chi connectivity index (χ2v) is 7.05. The van der Waals surface area contributed by atoms with Gasteiger partial charge in [-0.2, -0.15) is 0 Å². The lowest BCUT2D eigenvalue weighted by Gasteiger charge is -2.22. The number of amides is 2. The van der Waals surface area contributed by atoms with E-state index in [-0.39, 0.29) is 6.03 Å². The Bertz CT molecular complexity index is 771. The number of ether oxygens (including phenoxy) is 2. The molecule has 0 radical (unpaired) electrons. The van der Waals surface area contributed by atoms with E-state index in [2.05, 4.69) is 16.0 Å². The minimum absolute atomic E-state index is 0.127. The molecular formula is C22H29N3O3. The first kappa shape index (κ1) is 19.9. The molecule has 2 aromatic rings. The molecule has 0 aliphatic heterocycles. The fraction of sp³-hybridized carbons (Fsp3) is 0.409. The Morgan fingerprint density at radius 1 is 0.929 bits per heavy atom. The van der Waals surface area contributed by atoms with Crippen molar-refractivity contribution in [1.29, 1.82) is 0 Å². The number of carbonyl (C=O) groups is 1. The summed E-state index contributed by atoms with van der Waals surface area (Å²) in [6.45, 7) is 0.662. The van der Waals surface area contributed by atoms with Crippen LogP contribution in [0.25, 0.3) is 0 Å². The van der Waals surface area contributed by atoms with Gasteiger partial charge in [-0.15, -0.1) is 0 Å². The number of urea groups is 1. The van der Waals surface area contributed by atoms with E-state index in [0.717, 1.165) is 29.8 Å². The van der Waals surface area contributed by atoms with Gasteiger partial charge >= 0.3 is 6.03 Å². The molecule has 0 spiro atoms. The van der Waals surface area contributed by atoms with Crippen LogP contribution in [0.15, 0.2) is 42.5 Å². The number of benzene rings is 2. The van der Waals surface area contributed by atoms with Crippen LogP contribution in [0.4, 0.5) is 16.2 Å². The number of hydrogen-bond acceptors (Lipinski definition) is 4. The van der Waals surface area contributed by atoms with Crippen LogP contribution in [-0.4, -0.2) is 26.3 Å². The smallest absolute Gasteiger partial charge is 0.319 e. The third-order valence-corrected chi connectivity index (χ3v) is 5.03. The molecule has 3 rings (SSSR count). The number of hydrogen-bond donors (Lipinski definition) is 3. The molecule has 0 saturated heterocycles. The summed E-state index contributed by atoms with van der Waals surface area (Å²) in [4.78, 5) is 12.1. The van der Waals surface area contributed by atoms with Crippen LogP contribution in [-0.2, 0) is 6.54 Å². The SMILES string of the molecule is COc1ccc(CNc2ccc(NC(=O)NC3CCCCC3)cc2)cc1OC. The first-order chi connectivity index (χ1) is 13.7. The van der Waals surface area contributed by atoms with Gasteiger partial charge in [-0.1, -0.05) is 25.3 Å². The van der Waals surface area contributed by atoms with Crippen molar-refractivity contribution < 1.29 is 14.3 Å². The van der Waals surface area contributed by atoms with Crippen molar-refractivity contribution in [2.45, 2.75) is 44.7 Å². The van der Waals surface area contributed by atoms with Crippen molar-refractivity contribution in [3.63, 3.8) is 0 Å². The summed E-state index contributed by atoms with van der Waals surface area (Å²) in [6, 6.07) is 13.7. The minimum Gasteiger partial charge on any atom is -0.493 e. The van der Waals surface area contributed by atoms with E-state index >= 15 is 0 Å². The minimum atomic E-state index is -0.127. The van der Waals surface area contributed by atoms with E-state index in [1.54, 1.807) is 14.2 Å². The largest absolute Gasteiger partial charge is 0.493 e. The van der Waals surface area contributed by atoms with Crippen molar-refractivity contribution in [3.8, 4) is 11.5 Å². The molecule has 6 heteroatoms. The molecule has 0 atom stereocenters. The van der Waals surface area contributed by atoms with Gasteiger partial charge in [0.15, 0.2) is 11.5 Å². The summed E-state index contributed by atoms with van der Waals surface area (Å²) in [7, 11) is 3.26. The van der Waals surface area contributed by atoms with Crippen LogP contribution in [0.3, 0.4) is 0 Å². The van der Waals surface area contributed by atoms with Gasteiger partial charge in [0.2, 0.25) is 0 Å². The number of carbonyl (C=O) groups excluding carboxylic acids is 1. The molecule has 150 valence electrons. The predicted molar refractivity (Wildman–Crippen MR) is 112 cm³/mol. The van der Waals surface area contributed by atoms with Crippen LogP contribution < -0.4 is 25.4 Å². The Morgan fingerprint density at radius 3 is 2.29 bits per heavy atom. The molecule has 28 heavy (non-hydrogen) atoms. The maximum atomic E-state index is 12.1. The zero-order valence-electron chi connectivity index (χ0n) is 16.6. The lowest BCUT2D eigenvalue weighted by molar-refractivity contribution is 0.244. The summed E-state index contributed by atoms with van der Waals surface area (Å²) in [5.74, 6) is 1.43. The van der Waals surface area contributed by atoms with Crippen molar-refractivity contribution in [2.75, 3.05) is 24.9 Å². The van der Waals surface area contributed by atoms with Gasteiger partial charge in [-0.3, -0.25) is 0 Å². The van der Waals surface area contributed by atoms with Crippen molar-refractivity contribution in [3.05, 3.63) is 48.0 Å². The van der Waals surface area contributed by atoms with Gasteiger partial charge in [0.05, 0.1) is 14.2 Å². The normalized spacial score (nSPS) is 14.2. The van der Waals surface area contributed by atoms with E-state index < -0.39 is 0 Å². The fourth-order valence-electron chi connectivity index (χ4n) is 3.47. The number of rotatable bonds is 7. The van der Waals surface area contributed by atoms with Gasteiger partial charge in [0.25, 0.3) is 0 Å². The summed E-state index contributed by atoms with van der Waals surface area (Å²) >= 11 is 0. The van der Waals surface area contributed by atoms with Crippen LogP contribution in [0.5, 0.6) is 11.5 Å². The molecular weight excluding hydrogens is 354 g/mol. The van der Waals surface area contributed by atoms with Gasteiger partial charge in [0, 0.05) is 24.0 Å². The van der Waals surface area contributed by atoms with E-state index in [0.29, 0.717) is 24.1 Å². The van der Waals surface area contributed by atoms with Crippen LogP contribution in [0.2, 0.25) is 0 Å². The number of methoxy groups -OCH3 is 2. The Balaban J connectivity index is 1.49. The average molecular weight is 383 g/mol. The lowest BCUT2D eigenvalue weighted by Crippen LogP contribution is -2.38. The van der Waals surface area contributed by atoms with Crippen LogP contribution in [0.1, 0.15) is 37.7 Å². The molecule has 1 aliphatic carbocycles. The van der Waals surface area contributed by atoms with Crippen LogP contribution in [0, 0.1) is 0 Å². The second-order valence-electron chi connectivity index (χ2n) is 7.05. The van der Waals surface area contributed by atoms with Gasteiger partial charge < -0.3 is 25.4 Å². The quantitative estimate of drug-likeness (QED) is 0.644. The van der Waals surface area contributed by atoms with Crippen LogP contribution >= 0.6 is 0 Å². The zero-order chi connectivity index (χ0) is 19.8. The Kier molecular flexibility index (Phi) is 7.00. The molecule has 2 amide bonds. The molecule has 1 aliphatic rings. The highest BCUT2D eigenvalue weighted by Crippen LogP contribution is 2.28. The highest BCUT2D eigenvalue weighted by molar-refractivity contribution is 5.89. The molecule has 2 aromatic carbocycles. The molecule has 0 unspecified atom stereocenters. The summed E-state index contributed by atoms with van der Waals surface area (Å²) in [5.41, 5.74) is 2.85. The lowest BCUT2D eigenvalue weighted by atomic mass is 9.96. The first-order valence-electron chi connectivity index (χ1n) is 9.80.